The highest BCUT2D eigenvalue weighted by molar-refractivity contribution is 5.76. The van der Waals surface area contributed by atoms with Crippen LogP contribution in [0.4, 0.5) is 0 Å². The number of aliphatic hydroxyl groups is 1. The second kappa shape index (κ2) is 7.43. The van der Waals surface area contributed by atoms with Gasteiger partial charge in [-0.15, -0.1) is 0 Å². The molecule has 2 fully saturated rings. The largest absolute Gasteiger partial charge is 0.396 e. The molecule has 3 rings (SSSR count). The summed E-state index contributed by atoms with van der Waals surface area (Å²) < 4.78 is 5.31. The van der Waals surface area contributed by atoms with Crippen LogP contribution in [0.25, 0.3) is 0 Å². The van der Waals surface area contributed by atoms with Gasteiger partial charge in [-0.1, -0.05) is 18.0 Å². The van der Waals surface area contributed by atoms with Crippen LogP contribution in [0.3, 0.4) is 0 Å². The summed E-state index contributed by atoms with van der Waals surface area (Å²) in [6.45, 7) is 2.90. The Morgan fingerprint density at radius 2 is 2.09 bits per heavy atom. The van der Waals surface area contributed by atoms with E-state index in [0.717, 1.165) is 31.5 Å². The van der Waals surface area contributed by atoms with E-state index in [0.29, 0.717) is 31.2 Å². The normalized spacial score (nSPS) is 25.9. The topological polar surface area (TPSA) is 79.5 Å². The third-order valence-corrected chi connectivity index (χ3v) is 5.32. The molecule has 1 aliphatic carbocycles. The van der Waals surface area contributed by atoms with Gasteiger partial charge >= 0.3 is 0 Å². The standard InChI is InChI=1S/C17H27N3O3/c1-12-6-7-13(11-21)10-20(12)16(22)9-8-15-18-17(19-23-15)14-4-2-3-5-14/h12-14,21H,2-11H2,1H3. The number of aromatic nitrogens is 2. The van der Waals surface area contributed by atoms with Gasteiger partial charge in [0.15, 0.2) is 5.82 Å². The first-order chi connectivity index (χ1) is 11.2. The Kier molecular flexibility index (Phi) is 5.30. The SMILES string of the molecule is CC1CCC(CO)CN1C(=O)CCc1nc(C2CCCC2)no1. The summed E-state index contributed by atoms with van der Waals surface area (Å²) in [6, 6.07) is 0.252. The molecule has 1 saturated heterocycles. The van der Waals surface area contributed by atoms with Gasteiger partial charge in [0, 0.05) is 38.0 Å². The first kappa shape index (κ1) is 16.4. The highest BCUT2D eigenvalue weighted by Crippen LogP contribution is 2.32. The zero-order valence-electron chi connectivity index (χ0n) is 13.9. The third-order valence-electron chi connectivity index (χ3n) is 5.32. The van der Waals surface area contributed by atoms with Crippen molar-refractivity contribution in [1.82, 2.24) is 15.0 Å². The summed E-state index contributed by atoms with van der Waals surface area (Å²) in [4.78, 5) is 18.8. The van der Waals surface area contributed by atoms with Crippen molar-refractivity contribution in [1.29, 1.82) is 0 Å². The number of hydrogen-bond acceptors (Lipinski definition) is 5. The quantitative estimate of drug-likeness (QED) is 0.900. The maximum Gasteiger partial charge on any atom is 0.227 e. The molecule has 1 amide bonds. The Hall–Kier alpha value is -1.43. The van der Waals surface area contributed by atoms with Gasteiger partial charge in [0.05, 0.1) is 0 Å². The van der Waals surface area contributed by atoms with Crippen LogP contribution < -0.4 is 0 Å². The predicted octanol–water partition coefficient (Wildman–Crippen LogP) is 2.28. The number of likely N-dealkylation sites (tertiary alicyclic amines) is 1. The fourth-order valence-corrected chi connectivity index (χ4v) is 3.76. The van der Waals surface area contributed by atoms with Gasteiger partial charge in [-0.2, -0.15) is 4.98 Å². The van der Waals surface area contributed by atoms with Crippen LogP contribution >= 0.6 is 0 Å². The average Bonchev–Trinajstić information content (AvgIpc) is 3.24. The average molecular weight is 321 g/mol. The molecule has 6 nitrogen and oxygen atoms in total. The zero-order valence-corrected chi connectivity index (χ0v) is 13.9. The van der Waals surface area contributed by atoms with Crippen LogP contribution in [0, 0.1) is 5.92 Å². The molecule has 0 radical (unpaired) electrons. The van der Waals surface area contributed by atoms with Crippen molar-refractivity contribution in [3.05, 3.63) is 11.7 Å². The first-order valence-electron chi connectivity index (χ1n) is 8.90. The fourth-order valence-electron chi connectivity index (χ4n) is 3.76. The van der Waals surface area contributed by atoms with Crippen LogP contribution in [0.2, 0.25) is 0 Å². The summed E-state index contributed by atoms with van der Waals surface area (Å²) in [6.07, 6.45) is 7.63. The summed E-state index contributed by atoms with van der Waals surface area (Å²) in [5.74, 6) is 2.17. The number of rotatable bonds is 5. The Labute approximate surface area is 137 Å². The van der Waals surface area contributed by atoms with Crippen molar-refractivity contribution < 1.29 is 14.4 Å². The second-order valence-corrected chi connectivity index (χ2v) is 7.05. The maximum absolute atomic E-state index is 12.5. The molecule has 1 aliphatic heterocycles. The molecule has 1 aromatic rings. The minimum atomic E-state index is 0.122. The van der Waals surface area contributed by atoms with Gasteiger partial charge in [0.1, 0.15) is 0 Å². The number of nitrogens with zero attached hydrogens (tertiary/aromatic N) is 3. The monoisotopic (exact) mass is 321 g/mol. The first-order valence-corrected chi connectivity index (χ1v) is 8.90. The number of amides is 1. The Morgan fingerprint density at radius 1 is 1.30 bits per heavy atom. The minimum absolute atomic E-state index is 0.122. The van der Waals surface area contributed by atoms with E-state index in [4.69, 9.17) is 4.52 Å². The highest BCUT2D eigenvalue weighted by atomic mass is 16.5. The smallest absolute Gasteiger partial charge is 0.227 e. The van der Waals surface area contributed by atoms with Gasteiger partial charge in [-0.3, -0.25) is 4.79 Å². The van der Waals surface area contributed by atoms with Crippen molar-refractivity contribution in [2.75, 3.05) is 13.2 Å². The van der Waals surface area contributed by atoms with Crippen LogP contribution in [0.1, 0.15) is 69.5 Å². The fraction of sp³-hybridized carbons (Fsp3) is 0.824. The van der Waals surface area contributed by atoms with E-state index in [2.05, 4.69) is 17.1 Å². The van der Waals surface area contributed by atoms with Gasteiger partial charge in [0.25, 0.3) is 0 Å². The van der Waals surface area contributed by atoms with Gasteiger partial charge in [0.2, 0.25) is 11.8 Å². The van der Waals surface area contributed by atoms with Crippen LogP contribution in [0.15, 0.2) is 4.52 Å². The second-order valence-electron chi connectivity index (χ2n) is 7.05. The van der Waals surface area contributed by atoms with Crippen molar-refractivity contribution in [3.63, 3.8) is 0 Å². The van der Waals surface area contributed by atoms with Crippen LogP contribution in [0.5, 0.6) is 0 Å². The van der Waals surface area contributed by atoms with E-state index in [9.17, 15) is 9.90 Å². The van der Waals surface area contributed by atoms with Crippen molar-refractivity contribution in [2.24, 2.45) is 5.92 Å². The van der Waals surface area contributed by atoms with Crippen LogP contribution in [-0.4, -0.2) is 45.2 Å². The molecule has 0 bridgehead atoms. The van der Waals surface area contributed by atoms with E-state index in [1.165, 1.54) is 12.8 Å². The van der Waals surface area contributed by atoms with E-state index >= 15 is 0 Å². The summed E-state index contributed by atoms with van der Waals surface area (Å²) >= 11 is 0. The Balaban J connectivity index is 1.52. The summed E-state index contributed by atoms with van der Waals surface area (Å²) in [5.41, 5.74) is 0. The molecule has 2 heterocycles. The van der Waals surface area contributed by atoms with E-state index in [1.807, 2.05) is 4.90 Å². The minimum Gasteiger partial charge on any atom is -0.396 e. The molecule has 0 aromatic carbocycles. The number of hydrogen-bond donors (Lipinski definition) is 1. The lowest BCUT2D eigenvalue weighted by molar-refractivity contribution is -0.136. The van der Waals surface area contributed by atoms with Gasteiger partial charge < -0.3 is 14.5 Å². The lowest BCUT2D eigenvalue weighted by Gasteiger charge is -2.37. The lowest BCUT2D eigenvalue weighted by atomic mass is 9.94. The van der Waals surface area contributed by atoms with E-state index in [-0.39, 0.29) is 24.5 Å². The summed E-state index contributed by atoms with van der Waals surface area (Å²) in [5, 5.41) is 13.4. The van der Waals surface area contributed by atoms with E-state index in [1.54, 1.807) is 0 Å². The lowest BCUT2D eigenvalue weighted by Crippen LogP contribution is -2.46. The molecule has 1 saturated carbocycles. The van der Waals surface area contributed by atoms with Crippen molar-refractivity contribution in [2.45, 2.75) is 70.3 Å². The van der Waals surface area contributed by atoms with Gasteiger partial charge in [-0.05, 0) is 38.5 Å². The Morgan fingerprint density at radius 3 is 2.83 bits per heavy atom. The third kappa shape index (κ3) is 3.91. The van der Waals surface area contributed by atoms with Gasteiger partial charge in [-0.25, -0.2) is 0 Å². The number of piperidine rings is 1. The predicted molar refractivity (Wildman–Crippen MR) is 84.8 cm³/mol. The van der Waals surface area contributed by atoms with Crippen molar-refractivity contribution in [3.8, 4) is 0 Å². The molecular weight excluding hydrogens is 294 g/mol. The Bertz CT molecular complexity index is 525. The molecule has 23 heavy (non-hydrogen) atoms. The summed E-state index contributed by atoms with van der Waals surface area (Å²) in [7, 11) is 0. The maximum atomic E-state index is 12.5. The number of aryl methyl sites for hydroxylation is 1. The number of carbonyl (C=O) groups is 1. The number of aliphatic hydroxyl groups excluding tert-OH is 1. The van der Waals surface area contributed by atoms with Crippen LogP contribution in [-0.2, 0) is 11.2 Å². The molecule has 2 atom stereocenters. The van der Waals surface area contributed by atoms with E-state index < -0.39 is 0 Å². The molecular formula is C17H27N3O3. The molecule has 1 N–H and O–H groups in total. The molecule has 1 aromatic heterocycles. The molecule has 0 spiro atoms. The number of carbonyl (C=O) groups excluding carboxylic acids is 1. The highest BCUT2D eigenvalue weighted by Gasteiger charge is 2.29. The molecule has 128 valence electrons. The molecule has 2 aliphatic rings. The zero-order chi connectivity index (χ0) is 16.2. The van der Waals surface area contributed by atoms with Crippen molar-refractivity contribution >= 4 is 5.91 Å². The molecule has 2 unspecified atom stereocenters. The molecule has 6 heteroatoms.